The second-order valence-corrected chi connectivity index (χ2v) is 7.57. The molecule has 5 nitrogen and oxygen atoms in total. The first-order valence-corrected chi connectivity index (χ1v) is 10.4. The average molecular weight is 397 g/mol. The summed E-state index contributed by atoms with van der Waals surface area (Å²) in [4.78, 5) is 17.5. The van der Waals surface area contributed by atoms with E-state index in [1.807, 2.05) is 54.2 Å². The molecule has 150 valence electrons. The number of rotatable bonds is 5. The molecule has 1 unspecified atom stereocenters. The molecular formula is C25H23N3O2. The Bertz CT molecular complexity index is 1140. The molecule has 0 saturated heterocycles. The van der Waals surface area contributed by atoms with Gasteiger partial charge in [0.2, 0.25) is 0 Å². The van der Waals surface area contributed by atoms with Crippen LogP contribution in [0.5, 0.6) is 0 Å². The molecule has 30 heavy (non-hydrogen) atoms. The van der Waals surface area contributed by atoms with E-state index >= 15 is 0 Å². The van der Waals surface area contributed by atoms with E-state index in [9.17, 15) is 4.79 Å². The Morgan fingerprint density at radius 3 is 2.53 bits per heavy atom. The number of carbonyl (C=O) groups is 1. The molecule has 0 radical (unpaired) electrons. The van der Waals surface area contributed by atoms with E-state index in [0.29, 0.717) is 12.3 Å². The number of fused-ring (bicyclic) bond motifs is 2. The van der Waals surface area contributed by atoms with E-state index in [0.717, 1.165) is 41.8 Å². The van der Waals surface area contributed by atoms with Gasteiger partial charge in [0.15, 0.2) is 5.69 Å². The Hall–Kier alpha value is -3.47. The number of hydrogen-bond donors (Lipinski definition) is 0. The van der Waals surface area contributed by atoms with Crippen molar-refractivity contribution in [2.75, 3.05) is 6.61 Å². The fourth-order valence-corrected chi connectivity index (χ4v) is 4.39. The molecule has 2 heterocycles. The smallest absolute Gasteiger partial charge is 0.359 e. The van der Waals surface area contributed by atoms with Gasteiger partial charge in [-0.15, -0.1) is 0 Å². The van der Waals surface area contributed by atoms with Crippen LogP contribution in [0.4, 0.5) is 0 Å². The number of hydrogen-bond acceptors (Lipinski definition) is 4. The van der Waals surface area contributed by atoms with E-state index < -0.39 is 0 Å². The third-order valence-electron chi connectivity index (χ3n) is 5.76. The first kappa shape index (κ1) is 18.6. The minimum atomic E-state index is -0.358. The van der Waals surface area contributed by atoms with Gasteiger partial charge < -0.3 is 4.74 Å². The quantitative estimate of drug-likeness (QED) is 0.598. The zero-order valence-electron chi connectivity index (χ0n) is 16.9. The SMILES string of the molecule is CCOC(=O)c1nn(-c2ccccc2)c2c1CCC1=C2C=NC1Cc1ccccc1. The molecule has 0 N–H and O–H groups in total. The average Bonchev–Trinajstić information content (AvgIpc) is 3.37. The van der Waals surface area contributed by atoms with Crippen molar-refractivity contribution in [3.63, 3.8) is 0 Å². The van der Waals surface area contributed by atoms with Crippen LogP contribution in [-0.2, 0) is 17.6 Å². The van der Waals surface area contributed by atoms with Gasteiger partial charge in [0, 0.05) is 17.4 Å². The minimum absolute atomic E-state index is 0.140. The van der Waals surface area contributed by atoms with Crippen LogP contribution in [0.15, 0.2) is 71.2 Å². The second kappa shape index (κ2) is 7.75. The molecule has 2 aliphatic rings. The number of allylic oxidation sites excluding steroid dienone is 1. The molecule has 1 aromatic heterocycles. The van der Waals surface area contributed by atoms with Gasteiger partial charge in [-0.1, -0.05) is 48.5 Å². The second-order valence-electron chi connectivity index (χ2n) is 7.57. The van der Waals surface area contributed by atoms with E-state index in [2.05, 4.69) is 24.3 Å². The van der Waals surface area contributed by atoms with Crippen LogP contribution < -0.4 is 0 Å². The molecule has 3 aromatic rings. The topological polar surface area (TPSA) is 56.5 Å². The van der Waals surface area contributed by atoms with Gasteiger partial charge in [0.1, 0.15) is 0 Å². The number of ether oxygens (including phenoxy) is 1. The fourth-order valence-electron chi connectivity index (χ4n) is 4.39. The number of aliphatic imine (C=N–C) groups is 1. The minimum Gasteiger partial charge on any atom is -0.461 e. The number of nitrogens with zero attached hydrogens (tertiary/aromatic N) is 3. The summed E-state index contributed by atoms with van der Waals surface area (Å²) < 4.78 is 7.17. The van der Waals surface area contributed by atoms with Crippen molar-refractivity contribution >= 4 is 17.8 Å². The maximum Gasteiger partial charge on any atom is 0.359 e. The first-order chi connectivity index (χ1) is 14.8. The highest BCUT2D eigenvalue weighted by Gasteiger charge is 2.34. The highest BCUT2D eigenvalue weighted by molar-refractivity contribution is 6.14. The van der Waals surface area contributed by atoms with Gasteiger partial charge in [-0.2, -0.15) is 5.10 Å². The number of para-hydroxylation sites is 1. The summed E-state index contributed by atoms with van der Waals surface area (Å²) >= 11 is 0. The third-order valence-corrected chi connectivity index (χ3v) is 5.76. The van der Waals surface area contributed by atoms with Crippen molar-refractivity contribution < 1.29 is 9.53 Å². The molecule has 5 rings (SSSR count). The lowest BCUT2D eigenvalue weighted by atomic mass is 9.85. The van der Waals surface area contributed by atoms with E-state index in [1.165, 1.54) is 11.1 Å². The largest absolute Gasteiger partial charge is 0.461 e. The summed E-state index contributed by atoms with van der Waals surface area (Å²) in [6, 6.07) is 20.5. The molecule has 0 amide bonds. The predicted octanol–water partition coefficient (Wildman–Crippen LogP) is 4.44. The molecule has 5 heteroatoms. The number of benzene rings is 2. The summed E-state index contributed by atoms with van der Waals surface area (Å²) in [5.74, 6) is -0.358. The van der Waals surface area contributed by atoms with Crippen molar-refractivity contribution in [3.8, 4) is 5.69 Å². The summed E-state index contributed by atoms with van der Waals surface area (Å²) in [5, 5.41) is 4.70. The monoisotopic (exact) mass is 397 g/mol. The lowest BCUT2D eigenvalue weighted by Crippen LogP contribution is -2.16. The van der Waals surface area contributed by atoms with Gasteiger partial charge in [0.05, 0.1) is 24.0 Å². The third kappa shape index (κ3) is 3.16. The Balaban J connectivity index is 1.60. The van der Waals surface area contributed by atoms with Gasteiger partial charge >= 0.3 is 5.97 Å². The molecule has 0 bridgehead atoms. The van der Waals surface area contributed by atoms with E-state index in [-0.39, 0.29) is 12.0 Å². The van der Waals surface area contributed by atoms with Crippen LogP contribution in [0.2, 0.25) is 0 Å². The molecule has 0 spiro atoms. The number of esters is 1. The summed E-state index contributed by atoms with van der Waals surface area (Å²) in [6.07, 6.45) is 4.50. The zero-order valence-corrected chi connectivity index (χ0v) is 16.9. The molecule has 1 aliphatic carbocycles. The number of carbonyl (C=O) groups excluding carboxylic acids is 1. The van der Waals surface area contributed by atoms with Gasteiger partial charge in [-0.3, -0.25) is 4.99 Å². The Morgan fingerprint density at radius 1 is 1.07 bits per heavy atom. The van der Waals surface area contributed by atoms with Crippen LogP contribution in [0.1, 0.15) is 40.7 Å². The maximum atomic E-state index is 12.6. The predicted molar refractivity (Wildman–Crippen MR) is 117 cm³/mol. The zero-order chi connectivity index (χ0) is 20.5. The summed E-state index contributed by atoms with van der Waals surface area (Å²) in [7, 11) is 0. The van der Waals surface area contributed by atoms with E-state index in [1.54, 1.807) is 0 Å². The van der Waals surface area contributed by atoms with Crippen LogP contribution >= 0.6 is 0 Å². The maximum absolute atomic E-state index is 12.6. The standard InChI is InChI=1S/C25H23N3O2/c1-2-30-25(29)23-20-14-13-19-21(16-26-22(19)15-17-9-5-3-6-10-17)24(20)28(27-23)18-11-7-4-8-12-18/h3-12,16,22H,2,13-15H2,1H3. The highest BCUT2D eigenvalue weighted by atomic mass is 16.5. The van der Waals surface area contributed by atoms with Crippen molar-refractivity contribution in [3.05, 3.63) is 88.8 Å². The molecular weight excluding hydrogens is 374 g/mol. The molecule has 2 aromatic carbocycles. The number of aromatic nitrogens is 2. The fraction of sp³-hybridized carbons (Fsp3) is 0.240. The van der Waals surface area contributed by atoms with Crippen LogP contribution in [0, 0.1) is 0 Å². The van der Waals surface area contributed by atoms with Crippen LogP contribution in [0.3, 0.4) is 0 Å². The summed E-state index contributed by atoms with van der Waals surface area (Å²) in [5.41, 5.74) is 7.00. The highest BCUT2D eigenvalue weighted by Crippen LogP contribution is 2.39. The first-order valence-electron chi connectivity index (χ1n) is 10.4. The molecule has 0 saturated carbocycles. The van der Waals surface area contributed by atoms with Gasteiger partial charge in [-0.25, -0.2) is 9.48 Å². The van der Waals surface area contributed by atoms with Crippen molar-refractivity contribution in [1.82, 2.24) is 9.78 Å². The van der Waals surface area contributed by atoms with E-state index in [4.69, 9.17) is 14.8 Å². The summed E-state index contributed by atoms with van der Waals surface area (Å²) in [6.45, 7) is 2.15. The lowest BCUT2D eigenvalue weighted by Gasteiger charge is -2.20. The lowest BCUT2D eigenvalue weighted by molar-refractivity contribution is 0.0517. The molecule has 1 atom stereocenters. The van der Waals surface area contributed by atoms with Crippen molar-refractivity contribution in [1.29, 1.82) is 0 Å². The molecule has 1 aliphatic heterocycles. The van der Waals surface area contributed by atoms with Crippen LogP contribution in [0.25, 0.3) is 11.3 Å². The van der Waals surface area contributed by atoms with Crippen molar-refractivity contribution in [2.24, 2.45) is 4.99 Å². The van der Waals surface area contributed by atoms with Crippen LogP contribution in [-0.4, -0.2) is 34.6 Å². The Morgan fingerprint density at radius 2 is 1.80 bits per heavy atom. The Labute approximate surface area is 175 Å². The van der Waals surface area contributed by atoms with Crippen molar-refractivity contribution in [2.45, 2.75) is 32.2 Å². The molecule has 0 fully saturated rings. The van der Waals surface area contributed by atoms with Gasteiger partial charge in [-0.05, 0) is 49.5 Å². The van der Waals surface area contributed by atoms with Gasteiger partial charge in [0.25, 0.3) is 0 Å². The normalized spacial score (nSPS) is 17.0. The Kier molecular flexibility index (Phi) is 4.79.